The van der Waals surface area contributed by atoms with Crippen LogP contribution in [0.2, 0.25) is 0 Å². The van der Waals surface area contributed by atoms with Crippen molar-refractivity contribution >= 4 is 0 Å². The van der Waals surface area contributed by atoms with Crippen molar-refractivity contribution in [2.45, 2.75) is 35.6 Å². The van der Waals surface area contributed by atoms with Crippen LogP contribution in [0, 0.1) is 17.2 Å². The van der Waals surface area contributed by atoms with E-state index in [0.29, 0.717) is 27.1 Å². The van der Waals surface area contributed by atoms with Gasteiger partial charge in [-0.15, -0.1) is 0 Å². The number of hydrogen-bond acceptors (Lipinski definition) is 2. The predicted molar refractivity (Wildman–Crippen MR) is 52.6 cm³/mol. The molecule has 0 N–H and O–H groups in total. The van der Waals surface area contributed by atoms with E-state index >= 15 is 0 Å². The van der Waals surface area contributed by atoms with Crippen molar-refractivity contribution in [1.82, 2.24) is 4.90 Å². The average molecular weight is 305 g/mol. The molecule has 0 aromatic rings. The van der Waals surface area contributed by atoms with Gasteiger partial charge in [-0.05, 0) is 0 Å². The molecule has 0 aromatic heterocycles. The maximum absolute atomic E-state index is 8.74. The molecule has 1 heterocycles. The summed E-state index contributed by atoms with van der Waals surface area (Å²) in [5.74, 6) is 0.372. The first-order valence-electron chi connectivity index (χ1n) is 5.45. The fourth-order valence-electron chi connectivity index (χ4n) is 2.45. The number of nitrogens with zero attached hydrogens (tertiary/aromatic N) is 2. The maximum atomic E-state index is 8.74. The summed E-state index contributed by atoms with van der Waals surface area (Å²) in [7, 11) is 0. The summed E-state index contributed by atoms with van der Waals surface area (Å²) in [5.41, 5.74) is 0. The molecule has 0 bridgehead atoms. The topological polar surface area (TPSA) is 27.0 Å². The summed E-state index contributed by atoms with van der Waals surface area (Å²) in [6.07, 6.45) is 5.15. The Hall–Kier alpha value is 0.180. The number of hydrogen-bond donors (Lipinski definition) is 0. The van der Waals surface area contributed by atoms with Crippen molar-refractivity contribution in [3.05, 3.63) is 0 Å². The molecule has 0 radical (unpaired) electrons. The van der Waals surface area contributed by atoms with Crippen LogP contribution in [0.15, 0.2) is 0 Å². The molecule has 2 rings (SSSR count). The molecule has 0 aromatic carbocycles. The molecule has 14 heavy (non-hydrogen) atoms. The molecule has 2 fully saturated rings. The van der Waals surface area contributed by atoms with Gasteiger partial charge >= 0.3 is 97.0 Å². The zero-order chi connectivity index (χ0) is 9.97. The van der Waals surface area contributed by atoms with Crippen LogP contribution >= 0.6 is 0 Å². The van der Waals surface area contributed by atoms with Gasteiger partial charge in [0.1, 0.15) is 0 Å². The molecule has 2 nitrogen and oxygen atoms in total. The van der Waals surface area contributed by atoms with Crippen LogP contribution in [0.5, 0.6) is 0 Å². The summed E-state index contributed by atoms with van der Waals surface area (Å²) >= 11 is 0.431. The molecule has 1 saturated carbocycles. The second kappa shape index (κ2) is 4.80. The molecule has 1 unspecified atom stereocenters. The monoisotopic (exact) mass is 305 g/mol. The quantitative estimate of drug-likeness (QED) is 0.457. The standard InChI is InChI=1S/C11H18IN2/c1-12-10-3-2-4-14(8-10)11-5-9(6-11)7-13/h9-11H,2-6,8H2,1H3/q-1. The first-order chi connectivity index (χ1) is 6.83. The van der Waals surface area contributed by atoms with Crippen LogP contribution < -0.4 is 21.2 Å². The Kier molecular flexibility index (Phi) is 3.67. The van der Waals surface area contributed by atoms with Crippen molar-refractivity contribution in [3.63, 3.8) is 0 Å². The molecule has 1 aliphatic heterocycles. The minimum absolute atomic E-state index is 0.372. The molecule has 0 spiro atoms. The van der Waals surface area contributed by atoms with Crippen molar-refractivity contribution in [1.29, 1.82) is 5.26 Å². The fourth-order valence-corrected chi connectivity index (χ4v) is 4.42. The summed E-state index contributed by atoms with van der Waals surface area (Å²) in [4.78, 5) is 5.07. The Bertz CT molecular complexity index is 230. The second-order valence-electron chi connectivity index (χ2n) is 4.40. The van der Waals surface area contributed by atoms with Gasteiger partial charge in [-0.25, -0.2) is 0 Å². The molecule has 0 amide bonds. The van der Waals surface area contributed by atoms with Gasteiger partial charge < -0.3 is 0 Å². The van der Waals surface area contributed by atoms with Gasteiger partial charge in [-0.3, -0.25) is 0 Å². The number of halogens is 1. The Balaban J connectivity index is 1.79. The minimum atomic E-state index is 0.372. The van der Waals surface area contributed by atoms with Gasteiger partial charge in [0, 0.05) is 0 Å². The Morgan fingerprint density at radius 2 is 2.21 bits per heavy atom. The van der Waals surface area contributed by atoms with E-state index in [2.05, 4.69) is 15.9 Å². The summed E-state index contributed by atoms with van der Waals surface area (Å²) in [6, 6.07) is 3.14. The summed E-state index contributed by atoms with van der Waals surface area (Å²) < 4.78 is 1.03. The Morgan fingerprint density at radius 3 is 2.86 bits per heavy atom. The van der Waals surface area contributed by atoms with Crippen LogP contribution in [0.4, 0.5) is 0 Å². The first kappa shape index (κ1) is 10.7. The number of likely N-dealkylation sites (tertiary alicyclic amines) is 1. The molecule has 1 saturated heterocycles. The summed E-state index contributed by atoms with van der Waals surface area (Å²) in [6.45, 7) is 2.63. The van der Waals surface area contributed by atoms with E-state index in [-0.39, 0.29) is 0 Å². The molecule has 80 valence electrons. The number of nitriles is 1. The number of alkyl halides is 2. The molecular formula is C11H18IN2-. The zero-order valence-electron chi connectivity index (χ0n) is 8.75. The van der Waals surface area contributed by atoms with E-state index in [1.165, 1.54) is 25.9 Å². The van der Waals surface area contributed by atoms with Crippen LogP contribution in [-0.2, 0) is 0 Å². The fraction of sp³-hybridized carbons (Fsp3) is 0.909. The third-order valence-corrected chi connectivity index (χ3v) is 6.29. The van der Waals surface area contributed by atoms with E-state index in [9.17, 15) is 0 Å². The van der Waals surface area contributed by atoms with Crippen molar-refractivity contribution in [3.8, 4) is 6.07 Å². The SMILES string of the molecule is C[I-]C1CCCN(C2CC(C#N)C2)C1. The molecule has 1 aliphatic carbocycles. The van der Waals surface area contributed by atoms with Gasteiger partial charge in [-0.2, -0.15) is 0 Å². The van der Waals surface area contributed by atoms with Gasteiger partial charge in [0.15, 0.2) is 0 Å². The molecule has 1 atom stereocenters. The van der Waals surface area contributed by atoms with Crippen molar-refractivity contribution in [2.75, 3.05) is 18.0 Å². The van der Waals surface area contributed by atoms with Crippen LogP contribution in [0.25, 0.3) is 0 Å². The normalized spacial score (nSPS) is 39.0. The molecule has 3 heteroatoms. The van der Waals surface area contributed by atoms with Crippen LogP contribution in [0.1, 0.15) is 25.7 Å². The van der Waals surface area contributed by atoms with Gasteiger partial charge in [0.05, 0.1) is 0 Å². The van der Waals surface area contributed by atoms with Gasteiger partial charge in [0.2, 0.25) is 0 Å². The van der Waals surface area contributed by atoms with E-state index in [1.807, 2.05) is 0 Å². The van der Waals surface area contributed by atoms with Crippen LogP contribution in [0.3, 0.4) is 0 Å². The number of rotatable bonds is 2. The van der Waals surface area contributed by atoms with Gasteiger partial charge in [-0.1, -0.05) is 0 Å². The van der Waals surface area contributed by atoms with Crippen molar-refractivity contribution in [2.24, 2.45) is 5.92 Å². The zero-order valence-corrected chi connectivity index (χ0v) is 10.9. The Morgan fingerprint density at radius 1 is 1.43 bits per heavy atom. The van der Waals surface area contributed by atoms with Gasteiger partial charge in [0.25, 0.3) is 0 Å². The predicted octanol–water partition coefficient (Wildman–Crippen LogP) is -1.53. The first-order valence-corrected chi connectivity index (χ1v) is 8.85. The third-order valence-electron chi connectivity index (χ3n) is 3.52. The Labute approximate surface area is 96.9 Å². The van der Waals surface area contributed by atoms with E-state index in [0.717, 1.165) is 22.8 Å². The van der Waals surface area contributed by atoms with E-state index in [1.54, 1.807) is 0 Å². The molecule has 2 aliphatic rings. The average Bonchev–Trinajstić information content (AvgIpc) is 2.17. The second-order valence-corrected chi connectivity index (χ2v) is 7.41. The molecular weight excluding hydrogens is 287 g/mol. The summed E-state index contributed by atoms with van der Waals surface area (Å²) in [5, 5.41) is 8.74. The van der Waals surface area contributed by atoms with Crippen molar-refractivity contribution < 1.29 is 21.2 Å². The third kappa shape index (κ3) is 2.22. The van der Waals surface area contributed by atoms with Crippen LogP contribution in [-0.4, -0.2) is 32.9 Å². The number of piperidine rings is 1. The van der Waals surface area contributed by atoms with E-state index in [4.69, 9.17) is 5.26 Å². The van der Waals surface area contributed by atoms with E-state index < -0.39 is 0 Å².